The smallest absolute Gasteiger partial charge is 0.311 e. The van der Waals surface area contributed by atoms with E-state index < -0.39 is 5.97 Å². The highest BCUT2D eigenvalue weighted by Gasteiger charge is 2.21. The van der Waals surface area contributed by atoms with E-state index in [4.69, 9.17) is 23.7 Å². The van der Waals surface area contributed by atoms with Crippen molar-refractivity contribution in [2.75, 3.05) is 47.1 Å². The van der Waals surface area contributed by atoms with Crippen LogP contribution in [0.25, 0.3) is 6.08 Å². The maximum absolute atomic E-state index is 12.6. The number of ether oxygens (including phenoxy) is 5. The number of esters is 1. The lowest BCUT2D eigenvalue weighted by molar-refractivity contribution is -0.134. The SMILES string of the molecule is CCOc1ccc(CCC(=O)Oc2ccc(/C=C(\C#N)C(=O)N3CCOCC3)cc2OC)cc1OC. The van der Waals surface area contributed by atoms with Crippen LogP contribution < -0.4 is 18.9 Å². The predicted octanol–water partition coefficient (Wildman–Crippen LogP) is 3.41. The summed E-state index contributed by atoms with van der Waals surface area (Å²) >= 11 is 0. The number of rotatable bonds is 10. The van der Waals surface area contributed by atoms with Crippen LogP contribution in [0.4, 0.5) is 0 Å². The second-order valence-electron chi connectivity index (χ2n) is 7.88. The average Bonchev–Trinajstić information content (AvgIpc) is 2.92. The van der Waals surface area contributed by atoms with Crippen LogP contribution in [-0.4, -0.2) is 63.9 Å². The van der Waals surface area contributed by atoms with E-state index in [9.17, 15) is 14.9 Å². The fourth-order valence-corrected chi connectivity index (χ4v) is 3.67. The van der Waals surface area contributed by atoms with Gasteiger partial charge < -0.3 is 28.6 Å². The molecule has 0 atom stereocenters. The minimum Gasteiger partial charge on any atom is -0.493 e. The average molecular weight is 495 g/mol. The molecule has 1 aliphatic heterocycles. The molecule has 0 N–H and O–H groups in total. The van der Waals surface area contributed by atoms with Crippen LogP contribution in [0.1, 0.15) is 24.5 Å². The summed E-state index contributed by atoms with van der Waals surface area (Å²) in [7, 11) is 3.02. The lowest BCUT2D eigenvalue weighted by Gasteiger charge is -2.26. The molecule has 0 bridgehead atoms. The molecule has 0 saturated carbocycles. The molecular formula is C27H30N2O7. The standard InChI is InChI=1S/C27H30N2O7/c1-4-35-22-8-5-19(16-24(22)32-2)7-10-26(30)36-23-9-6-20(17-25(23)33-3)15-21(18-28)27(31)29-11-13-34-14-12-29/h5-6,8-9,15-17H,4,7,10-14H2,1-3H3/b21-15+. The summed E-state index contributed by atoms with van der Waals surface area (Å²) in [5.41, 5.74) is 1.49. The van der Waals surface area contributed by atoms with Gasteiger partial charge in [-0.15, -0.1) is 0 Å². The highest BCUT2D eigenvalue weighted by molar-refractivity contribution is 6.01. The number of amides is 1. The Morgan fingerprint density at radius 2 is 1.72 bits per heavy atom. The van der Waals surface area contributed by atoms with Gasteiger partial charge in [-0.2, -0.15) is 5.26 Å². The van der Waals surface area contributed by atoms with Gasteiger partial charge in [0.1, 0.15) is 11.6 Å². The number of nitrogens with zero attached hydrogens (tertiary/aromatic N) is 2. The molecule has 1 fully saturated rings. The summed E-state index contributed by atoms with van der Waals surface area (Å²) in [4.78, 5) is 26.7. The zero-order valence-electron chi connectivity index (χ0n) is 20.7. The summed E-state index contributed by atoms with van der Waals surface area (Å²) < 4.78 is 27.0. The number of carbonyl (C=O) groups excluding carboxylic acids is 2. The molecule has 2 aromatic carbocycles. The number of morpholine rings is 1. The first-order valence-corrected chi connectivity index (χ1v) is 11.7. The van der Waals surface area contributed by atoms with Crippen molar-refractivity contribution in [1.29, 1.82) is 5.26 Å². The number of carbonyl (C=O) groups is 2. The second-order valence-corrected chi connectivity index (χ2v) is 7.88. The first-order valence-electron chi connectivity index (χ1n) is 11.7. The predicted molar refractivity (Wildman–Crippen MR) is 132 cm³/mol. The fraction of sp³-hybridized carbons (Fsp3) is 0.370. The van der Waals surface area contributed by atoms with E-state index in [1.165, 1.54) is 13.2 Å². The number of hydrogen-bond acceptors (Lipinski definition) is 8. The van der Waals surface area contributed by atoms with Crippen molar-refractivity contribution in [1.82, 2.24) is 4.90 Å². The largest absolute Gasteiger partial charge is 0.493 e. The normalized spacial score (nSPS) is 13.5. The van der Waals surface area contributed by atoms with Crippen LogP contribution in [0.2, 0.25) is 0 Å². The van der Waals surface area contributed by atoms with Crippen molar-refractivity contribution in [3.05, 3.63) is 53.1 Å². The van der Waals surface area contributed by atoms with Crippen molar-refractivity contribution >= 4 is 18.0 Å². The summed E-state index contributed by atoms with van der Waals surface area (Å²) in [5.74, 6) is 1.05. The van der Waals surface area contributed by atoms with Crippen LogP contribution in [0.5, 0.6) is 23.0 Å². The topological polar surface area (TPSA) is 107 Å². The summed E-state index contributed by atoms with van der Waals surface area (Å²) in [5, 5.41) is 9.50. The quantitative estimate of drug-likeness (QED) is 0.214. The van der Waals surface area contributed by atoms with Crippen molar-refractivity contribution < 1.29 is 33.3 Å². The number of hydrogen-bond donors (Lipinski definition) is 0. The van der Waals surface area contributed by atoms with E-state index in [1.807, 2.05) is 31.2 Å². The third-order valence-electron chi connectivity index (χ3n) is 5.52. The van der Waals surface area contributed by atoms with Crippen LogP contribution in [0.15, 0.2) is 42.0 Å². The molecule has 9 nitrogen and oxygen atoms in total. The molecule has 0 aromatic heterocycles. The van der Waals surface area contributed by atoms with E-state index in [-0.39, 0.29) is 23.7 Å². The van der Waals surface area contributed by atoms with Gasteiger partial charge in [-0.3, -0.25) is 9.59 Å². The molecule has 2 aromatic rings. The Balaban J connectivity index is 1.65. The maximum atomic E-state index is 12.6. The highest BCUT2D eigenvalue weighted by Crippen LogP contribution is 2.31. The Morgan fingerprint density at radius 1 is 1.03 bits per heavy atom. The minimum absolute atomic E-state index is 0.00878. The molecule has 3 rings (SSSR count). The molecule has 1 aliphatic rings. The molecule has 0 radical (unpaired) electrons. The Kier molecular flexibility index (Phi) is 9.72. The monoisotopic (exact) mass is 494 g/mol. The molecular weight excluding hydrogens is 464 g/mol. The maximum Gasteiger partial charge on any atom is 0.311 e. The van der Waals surface area contributed by atoms with Crippen LogP contribution >= 0.6 is 0 Å². The third kappa shape index (κ3) is 6.99. The van der Waals surface area contributed by atoms with Crippen molar-refractivity contribution in [2.45, 2.75) is 19.8 Å². The van der Waals surface area contributed by atoms with E-state index in [1.54, 1.807) is 30.2 Å². The van der Waals surface area contributed by atoms with Gasteiger partial charge in [0.05, 0.1) is 34.0 Å². The lowest BCUT2D eigenvalue weighted by atomic mass is 10.1. The van der Waals surface area contributed by atoms with E-state index >= 15 is 0 Å². The second kappa shape index (κ2) is 13.2. The Hall–Kier alpha value is -4.03. The van der Waals surface area contributed by atoms with Gasteiger partial charge in [0, 0.05) is 19.5 Å². The van der Waals surface area contributed by atoms with Crippen molar-refractivity contribution in [3.63, 3.8) is 0 Å². The number of nitriles is 1. The molecule has 190 valence electrons. The first-order chi connectivity index (χ1) is 17.5. The van der Waals surface area contributed by atoms with Gasteiger partial charge in [0.2, 0.25) is 0 Å². The van der Waals surface area contributed by atoms with Gasteiger partial charge in [-0.1, -0.05) is 12.1 Å². The first kappa shape index (κ1) is 26.6. The number of benzene rings is 2. The molecule has 0 unspecified atom stereocenters. The van der Waals surface area contributed by atoms with Crippen LogP contribution in [0, 0.1) is 11.3 Å². The molecule has 0 spiro atoms. The molecule has 36 heavy (non-hydrogen) atoms. The van der Waals surface area contributed by atoms with Gasteiger partial charge in [0.15, 0.2) is 23.0 Å². The number of aryl methyl sites for hydroxylation is 1. The van der Waals surface area contributed by atoms with Gasteiger partial charge in [-0.05, 0) is 54.8 Å². The van der Waals surface area contributed by atoms with Gasteiger partial charge in [-0.25, -0.2) is 0 Å². The molecule has 0 aliphatic carbocycles. The Labute approximate surface area is 210 Å². The number of methoxy groups -OCH3 is 2. The molecule has 1 saturated heterocycles. The Morgan fingerprint density at radius 3 is 2.39 bits per heavy atom. The summed E-state index contributed by atoms with van der Waals surface area (Å²) in [6.07, 6.45) is 2.10. The zero-order valence-corrected chi connectivity index (χ0v) is 20.7. The lowest BCUT2D eigenvalue weighted by Crippen LogP contribution is -2.41. The van der Waals surface area contributed by atoms with Gasteiger partial charge >= 0.3 is 5.97 Å². The zero-order chi connectivity index (χ0) is 25.9. The minimum atomic E-state index is -0.426. The van der Waals surface area contributed by atoms with Crippen molar-refractivity contribution in [3.8, 4) is 29.1 Å². The summed E-state index contributed by atoms with van der Waals surface area (Å²) in [6.45, 7) is 4.21. The molecule has 9 heteroatoms. The van der Waals surface area contributed by atoms with Crippen LogP contribution in [0.3, 0.4) is 0 Å². The third-order valence-corrected chi connectivity index (χ3v) is 5.52. The van der Waals surface area contributed by atoms with Crippen LogP contribution in [-0.2, 0) is 20.7 Å². The van der Waals surface area contributed by atoms with Gasteiger partial charge in [0.25, 0.3) is 5.91 Å². The van der Waals surface area contributed by atoms with E-state index in [0.717, 1.165) is 5.56 Å². The highest BCUT2D eigenvalue weighted by atomic mass is 16.6. The summed E-state index contributed by atoms with van der Waals surface area (Å²) in [6, 6.07) is 12.4. The Bertz CT molecular complexity index is 1150. The fourth-order valence-electron chi connectivity index (χ4n) is 3.67. The molecule has 1 heterocycles. The molecule has 1 amide bonds. The van der Waals surface area contributed by atoms with E-state index in [0.29, 0.717) is 62.1 Å². The van der Waals surface area contributed by atoms with Crippen molar-refractivity contribution in [2.24, 2.45) is 0 Å². The van der Waals surface area contributed by atoms with E-state index in [2.05, 4.69) is 0 Å².